The summed E-state index contributed by atoms with van der Waals surface area (Å²) < 4.78 is 18.1. The molecule has 1 atom stereocenters. The molecule has 0 spiro atoms. The van der Waals surface area contributed by atoms with Crippen molar-refractivity contribution in [3.8, 4) is 0 Å². The van der Waals surface area contributed by atoms with Crippen molar-refractivity contribution in [3.05, 3.63) is 69.5 Å². The van der Waals surface area contributed by atoms with E-state index in [1.165, 1.54) is 30.3 Å². The summed E-state index contributed by atoms with van der Waals surface area (Å²) in [6.07, 6.45) is 1.93. The Morgan fingerprint density at radius 3 is 2.50 bits per heavy atom. The molecule has 0 radical (unpaired) electrons. The third kappa shape index (κ3) is 5.11. The van der Waals surface area contributed by atoms with Crippen LogP contribution < -0.4 is 10.2 Å². The Morgan fingerprint density at radius 2 is 1.87 bits per heavy atom. The average Bonchev–Trinajstić information content (AvgIpc) is 3.26. The molecule has 0 aliphatic carbocycles. The quantitative estimate of drug-likeness (QED) is 0.423. The van der Waals surface area contributed by atoms with E-state index in [4.69, 9.17) is 4.74 Å². The van der Waals surface area contributed by atoms with Gasteiger partial charge in [-0.3, -0.25) is 14.9 Å². The minimum atomic E-state index is -0.801. The van der Waals surface area contributed by atoms with Crippen LogP contribution in [0.25, 0.3) is 0 Å². The van der Waals surface area contributed by atoms with Crippen LogP contribution in [0.1, 0.15) is 41.7 Å². The van der Waals surface area contributed by atoms with Gasteiger partial charge in [-0.25, -0.2) is 9.18 Å². The topological polar surface area (TPSA) is 102 Å². The molecular formula is C21H22FN3O5. The fraction of sp³-hybridized carbons (Fsp3) is 0.333. The Kier molecular flexibility index (Phi) is 6.61. The lowest BCUT2D eigenvalue weighted by molar-refractivity contribution is -0.384. The second-order valence-corrected chi connectivity index (χ2v) is 7.07. The van der Waals surface area contributed by atoms with Crippen molar-refractivity contribution in [1.82, 2.24) is 5.32 Å². The van der Waals surface area contributed by atoms with E-state index in [2.05, 4.69) is 5.32 Å². The van der Waals surface area contributed by atoms with Gasteiger partial charge in [0.05, 0.1) is 22.2 Å². The number of halogens is 1. The number of amides is 1. The largest absolute Gasteiger partial charge is 0.452 e. The van der Waals surface area contributed by atoms with Gasteiger partial charge in [0.2, 0.25) is 0 Å². The summed E-state index contributed by atoms with van der Waals surface area (Å²) in [6.45, 7) is 2.67. The monoisotopic (exact) mass is 415 g/mol. The van der Waals surface area contributed by atoms with Gasteiger partial charge >= 0.3 is 5.97 Å². The van der Waals surface area contributed by atoms with Crippen molar-refractivity contribution < 1.29 is 23.6 Å². The van der Waals surface area contributed by atoms with E-state index < -0.39 is 29.4 Å². The van der Waals surface area contributed by atoms with Gasteiger partial charge in [-0.15, -0.1) is 0 Å². The molecule has 3 rings (SSSR count). The zero-order valence-electron chi connectivity index (χ0n) is 16.5. The first kappa shape index (κ1) is 21.2. The number of ether oxygens (including phenoxy) is 1. The van der Waals surface area contributed by atoms with Gasteiger partial charge in [-0.05, 0) is 43.5 Å². The molecule has 1 N–H and O–H groups in total. The molecule has 0 aromatic heterocycles. The van der Waals surface area contributed by atoms with Crippen LogP contribution in [0, 0.1) is 15.9 Å². The van der Waals surface area contributed by atoms with Crippen molar-refractivity contribution in [1.29, 1.82) is 0 Å². The van der Waals surface area contributed by atoms with Gasteiger partial charge in [0.15, 0.2) is 6.61 Å². The van der Waals surface area contributed by atoms with Gasteiger partial charge in [-0.1, -0.05) is 12.1 Å². The van der Waals surface area contributed by atoms with Crippen molar-refractivity contribution >= 4 is 23.3 Å². The number of nitro benzene ring substituents is 1. The average molecular weight is 415 g/mol. The maximum atomic E-state index is 13.0. The van der Waals surface area contributed by atoms with Gasteiger partial charge in [0.1, 0.15) is 5.82 Å². The number of non-ortho nitro benzene ring substituents is 1. The second kappa shape index (κ2) is 9.34. The van der Waals surface area contributed by atoms with Gasteiger partial charge < -0.3 is 15.0 Å². The lowest BCUT2D eigenvalue weighted by Crippen LogP contribution is -2.31. The molecule has 1 aliphatic heterocycles. The lowest BCUT2D eigenvalue weighted by atomic mass is 10.1. The second-order valence-electron chi connectivity index (χ2n) is 7.07. The first-order valence-electron chi connectivity index (χ1n) is 9.60. The summed E-state index contributed by atoms with van der Waals surface area (Å²) in [4.78, 5) is 37.3. The lowest BCUT2D eigenvalue weighted by Gasteiger charge is -2.20. The predicted octanol–water partition coefficient (Wildman–Crippen LogP) is 3.37. The van der Waals surface area contributed by atoms with Gasteiger partial charge in [0, 0.05) is 25.2 Å². The standard InChI is InChI=1S/C21H22FN3O5/c1-14(15-4-6-16(22)7-5-15)23-20(26)13-30-21(27)18-12-17(25(28)29)8-9-19(18)24-10-2-3-11-24/h4-9,12,14H,2-3,10-11,13H2,1H3,(H,23,26). The number of nitrogens with zero attached hydrogens (tertiary/aromatic N) is 2. The Balaban J connectivity index is 1.66. The number of anilines is 1. The zero-order valence-corrected chi connectivity index (χ0v) is 16.5. The molecule has 1 saturated heterocycles. The molecule has 9 heteroatoms. The number of rotatable bonds is 7. The number of carbonyl (C=O) groups is 2. The number of nitro groups is 1. The summed E-state index contributed by atoms with van der Waals surface area (Å²) in [5.74, 6) is -1.71. The highest BCUT2D eigenvalue weighted by molar-refractivity contribution is 5.97. The number of carbonyl (C=O) groups excluding carboxylic acids is 2. The Bertz CT molecular complexity index is 942. The summed E-state index contributed by atoms with van der Waals surface area (Å²) in [5.41, 5.74) is 1.10. The molecule has 30 heavy (non-hydrogen) atoms. The van der Waals surface area contributed by atoms with E-state index in [0.717, 1.165) is 25.9 Å². The smallest absolute Gasteiger partial charge is 0.341 e. The molecular weight excluding hydrogens is 393 g/mol. The minimum Gasteiger partial charge on any atom is -0.452 e. The molecule has 1 unspecified atom stereocenters. The molecule has 0 bridgehead atoms. The van der Waals surface area contributed by atoms with E-state index in [9.17, 15) is 24.1 Å². The summed E-state index contributed by atoms with van der Waals surface area (Å²) >= 11 is 0. The first-order valence-corrected chi connectivity index (χ1v) is 9.60. The fourth-order valence-corrected chi connectivity index (χ4v) is 3.36. The molecule has 1 amide bonds. The van der Waals surface area contributed by atoms with Crippen LogP contribution in [0.4, 0.5) is 15.8 Å². The van der Waals surface area contributed by atoms with Crippen molar-refractivity contribution in [2.24, 2.45) is 0 Å². The van der Waals surface area contributed by atoms with Crippen molar-refractivity contribution in [2.75, 3.05) is 24.6 Å². The maximum Gasteiger partial charge on any atom is 0.341 e. The number of hydrogen-bond acceptors (Lipinski definition) is 6. The van der Waals surface area contributed by atoms with Crippen molar-refractivity contribution in [3.63, 3.8) is 0 Å². The van der Waals surface area contributed by atoms with Gasteiger partial charge in [0.25, 0.3) is 11.6 Å². The minimum absolute atomic E-state index is 0.0606. The highest BCUT2D eigenvalue weighted by atomic mass is 19.1. The van der Waals surface area contributed by atoms with E-state index in [-0.39, 0.29) is 17.1 Å². The first-order chi connectivity index (χ1) is 14.3. The molecule has 1 aliphatic rings. The number of esters is 1. The molecule has 8 nitrogen and oxygen atoms in total. The van der Waals surface area contributed by atoms with Crippen LogP contribution in [-0.4, -0.2) is 36.5 Å². The third-order valence-corrected chi connectivity index (χ3v) is 4.94. The molecule has 1 fully saturated rings. The van der Waals surface area contributed by atoms with Crippen molar-refractivity contribution in [2.45, 2.75) is 25.8 Å². The highest BCUT2D eigenvalue weighted by Crippen LogP contribution is 2.29. The molecule has 2 aromatic carbocycles. The summed E-state index contributed by atoms with van der Waals surface area (Å²) in [7, 11) is 0. The molecule has 158 valence electrons. The Morgan fingerprint density at radius 1 is 1.20 bits per heavy atom. The van der Waals surface area contributed by atoms with Crippen LogP contribution in [0.2, 0.25) is 0 Å². The van der Waals surface area contributed by atoms with E-state index >= 15 is 0 Å². The highest BCUT2D eigenvalue weighted by Gasteiger charge is 2.24. The van der Waals surface area contributed by atoms with E-state index in [0.29, 0.717) is 11.3 Å². The van der Waals surface area contributed by atoms with E-state index in [1.807, 2.05) is 4.90 Å². The van der Waals surface area contributed by atoms with Crippen LogP contribution in [0.15, 0.2) is 42.5 Å². The van der Waals surface area contributed by atoms with Crippen LogP contribution >= 0.6 is 0 Å². The molecule has 2 aromatic rings. The number of nitrogens with one attached hydrogen (secondary N) is 1. The van der Waals surface area contributed by atoms with E-state index in [1.54, 1.807) is 19.1 Å². The summed E-state index contributed by atoms with van der Waals surface area (Å²) in [5, 5.41) is 13.8. The zero-order chi connectivity index (χ0) is 21.7. The van der Waals surface area contributed by atoms with Gasteiger partial charge in [-0.2, -0.15) is 0 Å². The molecule has 0 saturated carbocycles. The third-order valence-electron chi connectivity index (χ3n) is 4.94. The normalized spacial score (nSPS) is 14.3. The Hall–Kier alpha value is -3.49. The predicted molar refractivity (Wildman–Crippen MR) is 108 cm³/mol. The fourth-order valence-electron chi connectivity index (χ4n) is 3.36. The molecule has 1 heterocycles. The Labute approximate surface area is 172 Å². The number of benzene rings is 2. The number of hydrogen-bond donors (Lipinski definition) is 1. The maximum absolute atomic E-state index is 13.0. The van der Waals surface area contributed by atoms with Crippen LogP contribution in [0.5, 0.6) is 0 Å². The van der Waals surface area contributed by atoms with Crippen LogP contribution in [0.3, 0.4) is 0 Å². The summed E-state index contributed by atoms with van der Waals surface area (Å²) in [6, 6.07) is 9.35. The van der Waals surface area contributed by atoms with Crippen LogP contribution in [-0.2, 0) is 9.53 Å². The SMILES string of the molecule is CC(NC(=O)COC(=O)c1cc([N+](=O)[O-])ccc1N1CCCC1)c1ccc(F)cc1.